The van der Waals surface area contributed by atoms with Gasteiger partial charge >= 0.3 is 5.97 Å². The Bertz CT molecular complexity index is 799. The molecule has 0 atom stereocenters. The first-order chi connectivity index (χ1) is 10.3. The molecule has 0 aliphatic carbocycles. The maximum absolute atomic E-state index is 11.9. The Morgan fingerprint density at radius 2 is 1.77 bits per heavy atom. The summed E-state index contributed by atoms with van der Waals surface area (Å²) in [4.78, 5) is 23.7. The monoisotopic (exact) mass is 322 g/mol. The Labute approximate surface area is 127 Å². The standard InChI is InChI=1S/C15H14O6S/c1-10-7-8-20-14(10)15(17)21-9-13(16)11-3-5-12(6-4-11)22(2,18)19/h3-8H,9H2,1-2H3. The van der Waals surface area contributed by atoms with E-state index in [2.05, 4.69) is 0 Å². The highest BCUT2D eigenvalue weighted by Crippen LogP contribution is 2.13. The Morgan fingerprint density at radius 1 is 1.14 bits per heavy atom. The summed E-state index contributed by atoms with van der Waals surface area (Å²) in [6.07, 6.45) is 2.44. The lowest BCUT2D eigenvalue weighted by Crippen LogP contribution is -2.14. The predicted octanol–water partition coefficient (Wildman–Crippen LogP) is 2.03. The van der Waals surface area contributed by atoms with Gasteiger partial charge in [0.25, 0.3) is 0 Å². The summed E-state index contributed by atoms with van der Waals surface area (Å²) in [5.41, 5.74) is 0.881. The Morgan fingerprint density at radius 3 is 2.27 bits per heavy atom. The third kappa shape index (κ3) is 3.62. The number of hydrogen-bond donors (Lipinski definition) is 0. The summed E-state index contributed by atoms with van der Waals surface area (Å²) in [6, 6.07) is 7.04. The van der Waals surface area contributed by atoms with Gasteiger partial charge in [0.05, 0.1) is 11.2 Å². The third-order valence-electron chi connectivity index (χ3n) is 2.99. The van der Waals surface area contributed by atoms with Crippen molar-refractivity contribution in [3.05, 3.63) is 53.5 Å². The number of ether oxygens (including phenoxy) is 1. The average Bonchev–Trinajstić information content (AvgIpc) is 2.90. The average molecular weight is 322 g/mol. The maximum atomic E-state index is 11.9. The van der Waals surface area contributed by atoms with Crippen LogP contribution < -0.4 is 0 Å². The number of carbonyl (C=O) groups is 2. The minimum atomic E-state index is -3.31. The summed E-state index contributed by atoms with van der Waals surface area (Å²) in [5, 5.41) is 0. The highest BCUT2D eigenvalue weighted by molar-refractivity contribution is 7.90. The van der Waals surface area contributed by atoms with Crippen molar-refractivity contribution < 1.29 is 27.2 Å². The number of benzene rings is 1. The second-order valence-corrected chi connectivity index (χ2v) is 6.74. The van der Waals surface area contributed by atoms with Gasteiger partial charge in [-0.2, -0.15) is 0 Å². The van der Waals surface area contributed by atoms with Crippen molar-refractivity contribution in [2.75, 3.05) is 12.9 Å². The van der Waals surface area contributed by atoms with Crippen LogP contribution in [0.1, 0.15) is 26.5 Å². The van der Waals surface area contributed by atoms with E-state index >= 15 is 0 Å². The molecule has 0 unspecified atom stereocenters. The number of rotatable bonds is 5. The number of Topliss-reactive ketones (excluding diaryl/α,β-unsaturated/α-hetero) is 1. The van der Waals surface area contributed by atoms with Gasteiger partial charge in [0.15, 0.2) is 22.2 Å². The molecule has 0 fully saturated rings. The summed E-state index contributed by atoms with van der Waals surface area (Å²) in [7, 11) is -3.31. The molecule has 2 rings (SSSR count). The molecule has 2 aromatic rings. The number of ketones is 1. The maximum Gasteiger partial charge on any atom is 0.374 e. The van der Waals surface area contributed by atoms with Crippen LogP contribution in [-0.2, 0) is 14.6 Å². The van der Waals surface area contributed by atoms with Crippen LogP contribution in [0.25, 0.3) is 0 Å². The Balaban J connectivity index is 2.01. The lowest BCUT2D eigenvalue weighted by atomic mass is 10.1. The molecule has 0 aliphatic heterocycles. The highest BCUT2D eigenvalue weighted by Gasteiger charge is 2.17. The van der Waals surface area contributed by atoms with Gasteiger partial charge < -0.3 is 9.15 Å². The number of furan rings is 1. The van der Waals surface area contributed by atoms with Gasteiger partial charge in [-0.25, -0.2) is 13.2 Å². The van der Waals surface area contributed by atoms with Crippen LogP contribution in [0.4, 0.5) is 0 Å². The fraction of sp³-hybridized carbons (Fsp3) is 0.200. The van der Waals surface area contributed by atoms with Crippen molar-refractivity contribution >= 4 is 21.6 Å². The van der Waals surface area contributed by atoms with Crippen LogP contribution in [-0.4, -0.2) is 33.0 Å². The van der Waals surface area contributed by atoms with Crippen molar-refractivity contribution in [1.29, 1.82) is 0 Å². The second kappa shape index (κ2) is 6.15. The molecule has 0 saturated carbocycles. The minimum absolute atomic E-state index is 0.0558. The van der Waals surface area contributed by atoms with Crippen molar-refractivity contribution in [1.82, 2.24) is 0 Å². The van der Waals surface area contributed by atoms with E-state index in [0.717, 1.165) is 6.26 Å². The molecule has 0 N–H and O–H groups in total. The van der Waals surface area contributed by atoms with Gasteiger partial charge in [-0.15, -0.1) is 0 Å². The largest absolute Gasteiger partial charge is 0.457 e. The fourth-order valence-corrected chi connectivity index (χ4v) is 2.38. The van der Waals surface area contributed by atoms with Crippen LogP contribution in [0.15, 0.2) is 45.9 Å². The molecular weight excluding hydrogens is 308 g/mol. The van der Waals surface area contributed by atoms with E-state index in [9.17, 15) is 18.0 Å². The second-order valence-electron chi connectivity index (χ2n) is 4.73. The van der Waals surface area contributed by atoms with E-state index in [1.807, 2.05) is 0 Å². The van der Waals surface area contributed by atoms with Gasteiger partial charge in [0.1, 0.15) is 0 Å². The summed E-state index contributed by atoms with van der Waals surface area (Å²) in [5.74, 6) is -1.10. The van der Waals surface area contributed by atoms with Crippen molar-refractivity contribution in [2.45, 2.75) is 11.8 Å². The van der Waals surface area contributed by atoms with Crippen LogP contribution in [0.3, 0.4) is 0 Å². The molecule has 0 spiro atoms. The van der Waals surface area contributed by atoms with Crippen molar-refractivity contribution in [3.8, 4) is 0 Å². The van der Waals surface area contributed by atoms with E-state index < -0.39 is 28.2 Å². The van der Waals surface area contributed by atoms with Crippen LogP contribution in [0.5, 0.6) is 0 Å². The molecule has 6 nitrogen and oxygen atoms in total. The summed E-state index contributed by atoms with van der Waals surface area (Å²) < 4.78 is 32.5. The first-order valence-corrected chi connectivity index (χ1v) is 8.22. The molecule has 1 heterocycles. The van der Waals surface area contributed by atoms with E-state index in [4.69, 9.17) is 9.15 Å². The fourth-order valence-electron chi connectivity index (χ4n) is 1.75. The molecule has 22 heavy (non-hydrogen) atoms. The normalized spacial score (nSPS) is 11.2. The number of sulfone groups is 1. The first-order valence-electron chi connectivity index (χ1n) is 6.33. The van der Waals surface area contributed by atoms with Crippen molar-refractivity contribution in [3.63, 3.8) is 0 Å². The quantitative estimate of drug-likeness (QED) is 0.618. The molecule has 0 radical (unpaired) electrons. The third-order valence-corrected chi connectivity index (χ3v) is 4.11. The van der Waals surface area contributed by atoms with Gasteiger partial charge in [-0.1, -0.05) is 0 Å². The Hall–Kier alpha value is -2.41. The van der Waals surface area contributed by atoms with E-state index in [0.29, 0.717) is 5.56 Å². The van der Waals surface area contributed by atoms with Gasteiger partial charge in [-0.3, -0.25) is 4.79 Å². The molecule has 0 saturated heterocycles. The summed E-state index contributed by atoms with van der Waals surface area (Å²) in [6.45, 7) is 1.24. The Kier molecular flexibility index (Phi) is 4.46. The van der Waals surface area contributed by atoms with E-state index in [-0.39, 0.29) is 16.2 Å². The predicted molar refractivity (Wildman–Crippen MR) is 77.6 cm³/mol. The molecular formula is C15H14O6S. The van der Waals surface area contributed by atoms with Crippen LogP contribution in [0.2, 0.25) is 0 Å². The zero-order valence-corrected chi connectivity index (χ0v) is 12.8. The van der Waals surface area contributed by atoms with Gasteiger partial charge in [0.2, 0.25) is 5.76 Å². The van der Waals surface area contributed by atoms with Gasteiger partial charge in [0, 0.05) is 17.4 Å². The molecule has 1 aromatic carbocycles. The van der Waals surface area contributed by atoms with Gasteiger partial charge in [-0.05, 0) is 37.3 Å². The zero-order chi connectivity index (χ0) is 16.3. The molecule has 1 aromatic heterocycles. The molecule has 0 bridgehead atoms. The number of hydrogen-bond acceptors (Lipinski definition) is 6. The van der Waals surface area contributed by atoms with Crippen LogP contribution >= 0.6 is 0 Å². The number of carbonyl (C=O) groups excluding carboxylic acids is 2. The van der Waals surface area contributed by atoms with E-state index in [1.54, 1.807) is 13.0 Å². The van der Waals surface area contributed by atoms with E-state index in [1.165, 1.54) is 30.5 Å². The number of esters is 1. The lowest BCUT2D eigenvalue weighted by Gasteiger charge is -2.04. The molecule has 0 aliphatic rings. The molecule has 7 heteroatoms. The molecule has 0 amide bonds. The topological polar surface area (TPSA) is 90.7 Å². The first kappa shape index (κ1) is 16.0. The zero-order valence-electron chi connectivity index (χ0n) is 12.0. The molecule has 116 valence electrons. The summed E-state index contributed by atoms with van der Waals surface area (Å²) >= 11 is 0. The van der Waals surface area contributed by atoms with Crippen LogP contribution in [0, 0.1) is 6.92 Å². The SMILES string of the molecule is Cc1ccoc1C(=O)OCC(=O)c1ccc(S(C)(=O)=O)cc1. The highest BCUT2D eigenvalue weighted by atomic mass is 32.2. The lowest BCUT2D eigenvalue weighted by molar-refractivity contribution is 0.0443. The minimum Gasteiger partial charge on any atom is -0.457 e. The smallest absolute Gasteiger partial charge is 0.374 e. The van der Waals surface area contributed by atoms with Crippen molar-refractivity contribution in [2.24, 2.45) is 0 Å². The number of aryl methyl sites for hydroxylation is 1.